The molecule has 0 aromatic carbocycles. The predicted octanol–water partition coefficient (Wildman–Crippen LogP) is 1.33. The maximum Gasteiger partial charge on any atom is 0.318 e. The molecular formula is C9H16F2N2O. The van der Waals surface area contributed by atoms with Gasteiger partial charge >= 0.3 is 5.92 Å². The van der Waals surface area contributed by atoms with Crippen LogP contribution in [0.5, 0.6) is 0 Å². The number of rotatable bonds is 2. The van der Waals surface area contributed by atoms with Gasteiger partial charge in [-0.2, -0.15) is 8.78 Å². The Hall–Kier alpha value is -0.680. The number of nitrogens with zero attached hydrogens (tertiary/aromatic N) is 2. The Bertz CT molecular complexity index is 231. The van der Waals surface area contributed by atoms with E-state index < -0.39 is 11.8 Å². The molecule has 1 aliphatic heterocycles. The summed E-state index contributed by atoms with van der Waals surface area (Å²) in [6, 6.07) is 0. The standard InChI is InChI=1S/C9H16F2N2O/c1-12(2)9(13(3)4)8(10,11)6-5-7-14-9/h5,7H,6H2,1-4H3. The van der Waals surface area contributed by atoms with Gasteiger partial charge in [0.15, 0.2) is 0 Å². The monoisotopic (exact) mass is 206 g/mol. The molecule has 0 amide bonds. The molecule has 0 fully saturated rings. The lowest BCUT2D eigenvalue weighted by molar-refractivity contribution is -0.314. The Labute approximate surface area is 82.9 Å². The summed E-state index contributed by atoms with van der Waals surface area (Å²) in [6.07, 6.45) is 2.37. The van der Waals surface area contributed by atoms with Crippen LogP contribution >= 0.6 is 0 Å². The molecule has 1 rings (SSSR count). The van der Waals surface area contributed by atoms with E-state index in [-0.39, 0.29) is 6.42 Å². The molecule has 82 valence electrons. The highest BCUT2D eigenvalue weighted by molar-refractivity contribution is 5.01. The molecule has 3 nitrogen and oxygen atoms in total. The van der Waals surface area contributed by atoms with Crippen molar-refractivity contribution in [2.45, 2.75) is 18.2 Å². The summed E-state index contributed by atoms with van der Waals surface area (Å²) in [4.78, 5) is 2.77. The van der Waals surface area contributed by atoms with E-state index in [1.165, 1.54) is 22.1 Å². The van der Waals surface area contributed by atoms with Gasteiger partial charge in [0, 0.05) is 6.42 Å². The van der Waals surface area contributed by atoms with Crippen molar-refractivity contribution in [1.82, 2.24) is 9.80 Å². The van der Waals surface area contributed by atoms with Gasteiger partial charge in [-0.3, -0.25) is 9.80 Å². The minimum Gasteiger partial charge on any atom is -0.461 e. The van der Waals surface area contributed by atoms with Gasteiger partial charge in [-0.05, 0) is 34.3 Å². The molecule has 1 heterocycles. The van der Waals surface area contributed by atoms with Crippen LogP contribution in [0, 0.1) is 0 Å². The van der Waals surface area contributed by atoms with Gasteiger partial charge in [-0.15, -0.1) is 0 Å². The molecule has 0 bridgehead atoms. The van der Waals surface area contributed by atoms with Crippen molar-refractivity contribution in [3.05, 3.63) is 12.3 Å². The summed E-state index contributed by atoms with van der Waals surface area (Å²) < 4.78 is 32.7. The summed E-state index contributed by atoms with van der Waals surface area (Å²) in [6.45, 7) is 0. The van der Waals surface area contributed by atoms with E-state index in [4.69, 9.17) is 4.74 Å². The van der Waals surface area contributed by atoms with E-state index in [0.29, 0.717) is 0 Å². The molecule has 5 heteroatoms. The largest absolute Gasteiger partial charge is 0.461 e. The van der Waals surface area contributed by atoms with Crippen molar-refractivity contribution in [1.29, 1.82) is 0 Å². The van der Waals surface area contributed by atoms with Crippen LogP contribution in [0.25, 0.3) is 0 Å². The van der Waals surface area contributed by atoms with Crippen LogP contribution in [-0.2, 0) is 4.74 Å². The van der Waals surface area contributed by atoms with E-state index in [9.17, 15) is 8.78 Å². The van der Waals surface area contributed by atoms with Crippen molar-refractivity contribution in [2.75, 3.05) is 28.2 Å². The van der Waals surface area contributed by atoms with E-state index in [2.05, 4.69) is 0 Å². The summed E-state index contributed by atoms with van der Waals surface area (Å²) >= 11 is 0. The molecule has 0 saturated heterocycles. The topological polar surface area (TPSA) is 15.7 Å². The third-order valence-corrected chi connectivity index (χ3v) is 2.39. The van der Waals surface area contributed by atoms with Gasteiger partial charge in [-0.25, -0.2) is 0 Å². The number of halogens is 2. The smallest absolute Gasteiger partial charge is 0.318 e. The highest BCUT2D eigenvalue weighted by atomic mass is 19.3. The third-order valence-electron chi connectivity index (χ3n) is 2.39. The number of ether oxygens (including phenoxy) is 1. The second-order valence-electron chi connectivity index (χ2n) is 3.80. The van der Waals surface area contributed by atoms with Gasteiger partial charge in [0.25, 0.3) is 5.85 Å². The molecule has 0 atom stereocenters. The third kappa shape index (κ3) is 1.40. The lowest BCUT2D eigenvalue weighted by Crippen LogP contribution is -2.67. The van der Waals surface area contributed by atoms with Crippen molar-refractivity contribution >= 4 is 0 Å². The zero-order valence-electron chi connectivity index (χ0n) is 8.92. The second-order valence-corrected chi connectivity index (χ2v) is 3.80. The molecule has 0 unspecified atom stereocenters. The highest BCUT2D eigenvalue weighted by Crippen LogP contribution is 2.41. The molecule has 0 spiro atoms. The van der Waals surface area contributed by atoms with Gasteiger partial charge in [0.1, 0.15) is 0 Å². The molecule has 0 saturated carbocycles. The van der Waals surface area contributed by atoms with Crippen LogP contribution in [0.2, 0.25) is 0 Å². The van der Waals surface area contributed by atoms with Crippen molar-refractivity contribution in [3.63, 3.8) is 0 Å². The number of alkyl halides is 2. The average Bonchev–Trinajstić information content (AvgIpc) is 2.02. The van der Waals surface area contributed by atoms with Crippen LogP contribution in [0.4, 0.5) is 8.78 Å². The summed E-state index contributed by atoms with van der Waals surface area (Å²) in [5, 5.41) is 0. The Morgan fingerprint density at radius 3 is 1.93 bits per heavy atom. The van der Waals surface area contributed by atoms with Gasteiger partial charge in [0.05, 0.1) is 6.26 Å². The minimum atomic E-state index is -2.92. The van der Waals surface area contributed by atoms with E-state index >= 15 is 0 Å². The molecule has 0 N–H and O–H groups in total. The summed E-state index contributed by atoms with van der Waals surface area (Å²) in [5.74, 6) is -4.60. The number of allylic oxidation sites excluding steroid dienone is 1. The Balaban J connectivity index is 3.13. The maximum atomic E-state index is 13.8. The Morgan fingerprint density at radius 1 is 1.14 bits per heavy atom. The molecule has 14 heavy (non-hydrogen) atoms. The van der Waals surface area contributed by atoms with Gasteiger partial charge in [-0.1, -0.05) is 0 Å². The van der Waals surface area contributed by atoms with E-state index in [1.807, 2.05) is 0 Å². The average molecular weight is 206 g/mol. The predicted molar refractivity (Wildman–Crippen MR) is 49.9 cm³/mol. The van der Waals surface area contributed by atoms with Crippen molar-refractivity contribution < 1.29 is 13.5 Å². The zero-order chi connectivity index (χ0) is 11.0. The lowest BCUT2D eigenvalue weighted by Gasteiger charge is -2.48. The fraction of sp³-hybridized carbons (Fsp3) is 0.778. The van der Waals surface area contributed by atoms with Crippen LogP contribution in [0.1, 0.15) is 6.42 Å². The highest BCUT2D eigenvalue weighted by Gasteiger charge is 2.60. The number of hydrogen-bond acceptors (Lipinski definition) is 3. The lowest BCUT2D eigenvalue weighted by atomic mass is 10.1. The maximum absolute atomic E-state index is 13.8. The normalized spacial score (nSPS) is 24.0. The molecular weight excluding hydrogens is 190 g/mol. The zero-order valence-corrected chi connectivity index (χ0v) is 8.92. The van der Waals surface area contributed by atoms with Crippen LogP contribution < -0.4 is 0 Å². The van der Waals surface area contributed by atoms with E-state index in [0.717, 1.165) is 0 Å². The first-order valence-electron chi connectivity index (χ1n) is 4.40. The second kappa shape index (κ2) is 3.47. The first kappa shape index (κ1) is 11.4. The summed E-state index contributed by atoms with van der Waals surface area (Å²) in [5.41, 5.74) is 0. The molecule has 1 aliphatic rings. The van der Waals surface area contributed by atoms with Gasteiger partial charge in [0.2, 0.25) is 0 Å². The summed E-state index contributed by atoms with van der Waals surface area (Å²) in [7, 11) is 6.31. The van der Waals surface area contributed by atoms with Crippen LogP contribution in [0.15, 0.2) is 12.3 Å². The fourth-order valence-electron chi connectivity index (χ4n) is 1.82. The first-order valence-corrected chi connectivity index (χ1v) is 4.40. The Kier molecular flexibility index (Phi) is 2.83. The van der Waals surface area contributed by atoms with Crippen LogP contribution in [-0.4, -0.2) is 49.8 Å². The molecule has 0 aliphatic carbocycles. The minimum absolute atomic E-state index is 0.302. The van der Waals surface area contributed by atoms with Crippen molar-refractivity contribution in [3.8, 4) is 0 Å². The molecule has 0 aromatic heterocycles. The quantitative estimate of drug-likeness (QED) is 0.634. The van der Waals surface area contributed by atoms with Crippen LogP contribution in [0.3, 0.4) is 0 Å². The van der Waals surface area contributed by atoms with E-state index in [1.54, 1.807) is 28.2 Å². The van der Waals surface area contributed by atoms with Gasteiger partial charge < -0.3 is 4.74 Å². The first-order chi connectivity index (χ1) is 6.34. The van der Waals surface area contributed by atoms with Crippen molar-refractivity contribution in [2.24, 2.45) is 0 Å². The fourth-order valence-corrected chi connectivity index (χ4v) is 1.82. The molecule has 0 aromatic rings. The number of hydrogen-bond donors (Lipinski definition) is 0. The SMILES string of the molecule is CN(C)C1(N(C)C)OC=CCC1(F)F. The molecule has 0 radical (unpaired) electrons. The Morgan fingerprint density at radius 2 is 1.64 bits per heavy atom.